The predicted molar refractivity (Wildman–Crippen MR) is 73.5 cm³/mol. The van der Waals surface area contributed by atoms with Gasteiger partial charge >= 0.3 is 0 Å². The molecule has 0 heterocycles. The second kappa shape index (κ2) is 5.87. The minimum atomic E-state index is -0.0471. The molecule has 4 heteroatoms. The van der Waals surface area contributed by atoms with E-state index in [1.165, 1.54) is 12.8 Å². The summed E-state index contributed by atoms with van der Waals surface area (Å²) in [4.78, 5) is 14.3. The summed E-state index contributed by atoms with van der Waals surface area (Å²) >= 11 is 0. The van der Waals surface area contributed by atoms with Crippen molar-refractivity contribution in [1.82, 2.24) is 10.2 Å². The van der Waals surface area contributed by atoms with E-state index in [4.69, 9.17) is 5.73 Å². The number of carbonyl (C=O) groups excluding carboxylic acids is 1. The van der Waals surface area contributed by atoms with Crippen molar-refractivity contribution in [3.05, 3.63) is 29.8 Å². The lowest BCUT2D eigenvalue weighted by atomic mass is 10.2. The molecule has 0 aliphatic heterocycles. The first-order valence-electron chi connectivity index (χ1n) is 6.58. The molecule has 0 radical (unpaired) electrons. The van der Waals surface area contributed by atoms with Crippen LogP contribution in [0.4, 0.5) is 5.69 Å². The van der Waals surface area contributed by atoms with E-state index in [0.717, 1.165) is 19.1 Å². The summed E-state index contributed by atoms with van der Waals surface area (Å²) in [6, 6.07) is 7.81. The summed E-state index contributed by atoms with van der Waals surface area (Å²) in [6.45, 7) is 4.84. The van der Waals surface area contributed by atoms with Crippen LogP contribution in [0.3, 0.4) is 0 Å². The molecule has 0 aromatic heterocycles. The molecule has 98 valence electrons. The number of hydrogen-bond acceptors (Lipinski definition) is 3. The van der Waals surface area contributed by atoms with Crippen molar-refractivity contribution >= 4 is 11.6 Å². The Morgan fingerprint density at radius 3 is 2.89 bits per heavy atom. The maximum atomic E-state index is 11.9. The van der Waals surface area contributed by atoms with Crippen molar-refractivity contribution in [3.63, 3.8) is 0 Å². The monoisotopic (exact) mass is 247 g/mol. The van der Waals surface area contributed by atoms with Gasteiger partial charge in [0.05, 0.1) is 0 Å². The zero-order chi connectivity index (χ0) is 13.0. The minimum absolute atomic E-state index is 0.0471. The van der Waals surface area contributed by atoms with Crippen molar-refractivity contribution < 1.29 is 4.79 Å². The van der Waals surface area contributed by atoms with Gasteiger partial charge in [-0.2, -0.15) is 0 Å². The average Bonchev–Trinajstić information content (AvgIpc) is 3.18. The molecule has 0 saturated heterocycles. The zero-order valence-corrected chi connectivity index (χ0v) is 10.9. The van der Waals surface area contributed by atoms with Crippen LogP contribution in [0.5, 0.6) is 0 Å². The number of hydrogen-bond donors (Lipinski definition) is 2. The van der Waals surface area contributed by atoms with Crippen LogP contribution >= 0.6 is 0 Å². The summed E-state index contributed by atoms with van der Waals surface area (Å²) < 4.78 is 0. The Morgan fingerprint density at radius 2 is 2.28 bits per heavy atom. The molecule has 1 aliphatic carbocycles. The fourth-order valence-corrected chi connectivity index (χ4v) is 2.13. The van der Waals surface area contributed by atoms with Crippen LogP contribution in [0.25, 0.3) is 0 Å². The number of carbonyl (C=O) groups is 1. The quantitative estimate of drug-likeness (QED) is 0.749. The largest absolute Gasteiger partial charge is 0.399 e. The number of nitrogens with zero attached hydrogens (tertiary/aromatic N) is 1. The van der Waals surface area contributed by atoms with E-state index in [9.17, 15) is 4.79 Å². The minimum Gasteiger partial charge on any atom is -0.399 e. The summed E-state index contributed by atoms with van der Waals surface area (Å²) in [5.41, 5.74) is 6.90. The molecule has 1 saturated carbocycles. The second-order valence-corrected chi connectivity index (χ2v) is 4.74. The molecule has 1 aromatic rings. The summed E-state index contributed by atoms with van der Waals surface area (Å²) in [6.07, 6.45) is 2.61. The Labute approximate surface area is 108 Å². The van der Waals surface area contributed by atoms with Crippen LogP contribution in [0.15, 0.2) is 24.3 Å². The molecular formula is C14H21N3O. The van der Waals surface area contributed by atoms with Gasteiger partial charge in [-0.05, 0) is 37.6 Å². The van der Waals surface area contributed by atoms with Gasteiger partial charge in [-0.3, -0.25) is 9.69 Å². The molecule has 1 fully saturated rings. The Kier molecular flexibility index (Phi) is 4.20. The highest BCUT2D eigenvalue weighted by molar-refractivity contribution is 5.94. The number of benzene rings is 1. The van der Waals surface area contributed by atoms with Gasteiger partial charge in [-0.15, -0.1) is 0 Å². The van der Waals surface area contributed by atoms with E-state index in [1.807, 2.05) is 0 Å². The number of amides is 1. The van der Waals surface area contributed by atoms with E-state index in [2.05, 4.69) is 17.1 Å². The fourth-order valence-electron chi connectivity index (χ4n) is 2.13. The van der Waals surface area contributed by atoms with E-state index in [1.54, 1.807) is 24.3 Å². The Hall–Kier alpha value is -1.55. The lowest BCUT2D eigenvalue weighted by molar-refractivity contribution is 0.0948. The van der Waals surface area contributed by atoms with Gasteiger partial charge in [0.1, 0.15) is 0 Å². The van der Waals surface area contributed by atoms with Crippen molar-refractivity contribution in [3.8, 4) is 0 Å². The number of nitrogens with two attached hydrogens (primary N) is 1. The van der Waals surface area contributed by atoms with Crippen LogP contribution in [-0.4, -0.2) is 36.5 Å². The second-order valence-electron chi connectivity index (χ2n) is 4.74. The zero-order valence-electron chi connectivity index (χ0n) is 10.9. The van der Waals surface area contributed by atoms with Gasteiger partial charge in [0.25, 0.3) is 5.91 Å². The number of nitrogens with one attached hydrogen (secondary N) is 1. The Morgan fingerprint density at radius 1 is 1.50 bits per heavy atom. The third-order valence-electron chi connectivity index (χ3n) is 3.30. The topological polar surface area (TPSA) is 58.4 Å². The highest BCUT2D eigenvalue weighted by Gasteiger charge is 2.27. The lowest BCUT2D eigenvalue weighted by Gasteiger charge is -2.19. The van der Waals surface area contributed by atoms with Crippen molar-refractivity contribution in [2.24, 2.45) is 0 Å². The number of nitrogen functional groups attached to an aromatic ring is 1. The molecule has 1 aliphatic rings. The standard InChI is InChI=1S/C14H21N3O/c1-2-17(13-6-7-13)9-8-16-14(18)11-4-3-5-12(15)10-11/h3-5,10,13H,2,6-9,15H2,1H3,(H,16,18). The molecule has 3 N–H and O–H groups in total. The molecule has 0 unspecified atom stereocenters. The molecule has 2 rings (SSSR count). The smallest absolute Gasteiger partial charge is 0.251 e. The van der Waals surface area contributed by atoms with Crippen LogP contribution < -0.4 is 11.1 Å². The first kappa shape index (κ1) is 12.9. The maximum absolute atomic E-state index is 11.9. The van der Waals surface area contributed by atoms with Gasteiger partial charge in [0.2, 0.25) is 0 Å². The summed E-state index contributed by atoms with van der Waals surface area (Å²) in [7, 11) is 0. The van der Waals surface area contributed by atoms with E-state index >= 15 is 0 Å². The third kappa shape index (κ3) is 3.47. The lowest BCUT2D eigenvalue weighted by Crippen LogP contribution is -2.36. The van der Waals surface area contributed by atoms with E-state index < -0.39 is 0 Å². The number of anilines is 1. The SMILES string of the molecule is CCN(CCNC(=O)c1cccc(N)c1)C1CC1. The molecule has 1 aromatic carbocycles. The van der Waals surface area contributed by atoms with Crippen LogP contribution in [0.2, 0.25) is 0 Å². The maximum Gasteiger partial charge on any atom is 0.251 e. The van der Waals surface area contributed by atoms with Crippen molar-refractivity contribution in [2.45, 2.75) is 25.8 Å². The van der Waals surface area contributed by atoms with E-state index in [0.29, 0.717) is 17.8 Å². The molecule has 0 spiro atoms. The fraction of sp³-hybridized carbons (Fsp3) is 0.500. The number of likely N-dealkylation sites (N-methyl/N-ethyl adjacent to an activating group) is 1. The third-order valence-corrected chi connectivity index (χ3v) is 3.30. The molecular weight excluding hydrogens is 226 g/mol. The van der Waals surface area contributed by atoms with Crippen LogP contribution in [0, 0.1) is 0 Å². The average molecular weight is 247 g/mol. The van der Waals surface area contributed by atoms with Crippen molar-refractivity contribution in [1.29, 1.82) is 0 Å². The first-order valence-corrected chi connectivity index (χ1v) is 6.58. The predicted octanol–water partition coefficient (Wildman–Crippen LogP) is 1.48. The Bertz CT molecular complexity index is 415. The molecule has 18 heavy (non-hydrogen) atoms. The molecule has 0 atom stereocenters. The molecule has 1 amide bonds. The molecule has 0 bridgehead atoms. The molecule has 4 nitrogen and oxygen atoms in total. The van der Waals surface area contributed by atoms with Crippen LogP contribution in [-0.2, 0) is 0 Å². The van der Waals surface area contributed by atoms with Gasteiger partial charge in [-0.25, -0.2) is 0 Å². The van der Waals surface area contributed by atoms with Crippen molar-refractivity contribution in [2.75, 3.05) is 25.4 Å². The van der Waals surface area contributed by atoms with Gasteiger partial charge < -0.3 is 11.1 Å². The van der Waals surface area contributed by atoms with Gasteiger partial charge in [0.15, 0.2) is 0 Å². The highest BCUT2D eigenvalue weighted by Crippen LogP contribution is 2.25. The first-order chi connectivity index (χ1) is 8.70. The van der Waals surface area contributed by atoms with Gasteiger partial charge in [-0.1, -0.05) is 13.0 Å². The summed E-state index contributed by atoms with van der Waals surface area (Å²) in [5, 5.41) is 2.94. The van der Waals surface area contributed by atoms with Crippen LogP contribution in [0.1, 0.15) is 30.1 Å². The van der Waals surface area contributed by atoms with Gasteiger partial charge in [0, 0.05) is 30.4 Å². The number of rotatable bonds is 6. The van der Waals surface area contributed by atoms with E-state index in [-0.39, 0.29) is 5.91 Å². The summed E-state index contributed by atoms with van der Waals surface area (Å²) in [5.74, 6) is -0.0471. The normalized spacial score (nSPS) is 14.8. The highest BCUT2D eigenvalue weighted by atomic mass is 16.1. The Balaban J connectivity index is 1.77.